The zero-order valence-electron chi connectivity index (χ0n) is 6.85. The maximum atomic E-state index is 11.0. The van der Waals surface area contributed by atoms with Gasteiger partial charge < -0.3 is 9.72 Å². The second kappa shape index (κ2) is 3.58. The van der Waals surface area contributed by atoms with E-state index in [2.05, 4.69) is 9.97 Å². The van der Waals surface area contributed by atoms with Crippen molar-refractivity contribution in [2.75, 3.05) is 6.61 Å². The summed E-state index contributed by atoms with van der Waals surface area (Å²) in [4.78, 5) is 17.4. The number of halogens is 1. The van der Waals surface area contributed by atoms with Gasteiger partial charge in [-0.15, -0.1) is 0 Å². The van der Waals surface area contributed by atoms with Crippen LogP contribution in [-0.2, 0) is 0 Å². The molecule has 0 unspecified atom stereocenters. The van der Waals surface area contributed by atoms with Gasteiger partial charge in [-0.05, 0) is 13.8 Å². The lowest BCUT2D eigenvalue weighted by molar-refractivity contribution is 0.325. The van der Waals surface area contributed by atoms with Crippen LogP contribution in [0.25, 0.3) is 0 Å². The van der Waals surface area contributed by atoms with Gasteiger partial charge in [-0.3, -0.25) is 4.79 Å². The van der Waals surface area contributed by atoms with Crippen molar-refractivity contribution in [2.24, 2.45) is 0 Å². The van der Waals surface area contributed by atoms with Gasteiger partial charge in [-0.1, -0.05) is 11.6 Å². The van der Waals surface area contributed by atoms with Gasteiger partial charge in [0, 0.05) is 0 Å². The fraction of sp³-hybridized carbons (Fsp3) is 0.429. The lowest BCUT2D eigenvalue weighted by Crippen LogP contribution is -2.12. The smallest absolute Gasteiger partial charge is 0.273 e. The molecular weight excluding hydrogens is 180 g/mol. The standard InChI is InChI=1S/C7H9ClN2O2/c1-3-12-7-5(8)6(11)9-4(2)10-7/h3H2,1-2H3,(H,9,10,11). The quantitative estimate of drug-likeness (QED) is 0.757. The summed E-state index contributed by atoms with van der Waals surface area (Å²) in [7, 11) is 0. The number of rotatable bonds is 2. The molecule has 0 saturated carbocycles. The molecule has 0 bridgehead atoms. The van der Waals surface area contributed by atoms with Gasteiger partial charge in [0.2, 0.25) is 5.88 Å². The van der Waals surface area contributed by atoms with E-state index in [0.29, 0.717) is 12.4 Å². The summed E-state index contributed by atoms with van der Waals surface area (Å²) in [5.74, 6) is 0.688. The molecule has 0 aliphatic heterocycles. The van der Waals surface area contributed by atoms with Crippen LogP contribution in [0.15, 0.2) is 4.79 Å². The minimum absolute atomic E-state index is 0.00227. The first-order chi connectivity index (χ1) is 5.65. The summed E-state index contributed by atoms with van der Waals surface area (Å²) in [6.07, 6.45) is 0. The molecule has 0 spiro atoms. The topological polar surface area (TPSA) is 55.0 Å². The highest BCUT2D eigenvalue weighted by Gasteiger charge is 2.07. The van der Waals surface area contributed by atoms with E-state index in [0.717, 1.165) is 0 Å². The van der Waals surface area contributed by atoms with Crippen LogP contribution in [0.5, 0.6) is 5.88 Å². The van der Waals surface area contributed by atoms with Gasteiger partial charge in [0.1, 0.15) is 5.82 Å². The van der Waals surface area contributed by atoms with E-state index in [1.807, 2.05) is 0 Å². The van der Waals surface area contributed by atoms with E-state index >= 15 is 0 Å². The molecule has 4 nitrogen and oxygen atoms in total. The molecule has 5 heteroatoms. The Morgan fingerprint density at radius 3 is 2.92 bits per heavy atom. The van der Waals surface area contributed by atoms with Gasteiger partial charge in [0.25, 0.3) is 5.56 Å². The first-order valence-corrected chi connectivity index (χ1v) is 3.92. The molecule has 1 rings (SSSR count). The highest BCUT2D eigenvalue weighted by atomic mass is 35.5. The number of nitrogens with one attached hydrogen (secondary N) is 1. The molecule has 1 N–H and O–H groups in total. The number of H-pyrrole nitrogens is 1. The summed E-state index contributed by atoms with van der Waals surface area (Å²) in [5, 5.41) is 0.00227. The Bertz CT molecular complexity index is 335. The molecule has 1 aromatic heterocycles. The fourth-order valence-corrected chi connectivity index (χ4v) is 0.922. The molecule has 66 valence electrons. The first-order valence-electron chi connectivity index (χ1n) is 3.54. The third-order valence-corrected chi connectivity index (χ3v) is 1.57. The third kappa shape index (κ3) is 1.76. The Balaban J connectivity index is 3.18. The molecule has 0 atom stereocenters. The summed E-state index contributed by atoms with van der Waals surface area (Å²) in [6.45, 7) is 3.91. The number of hydrogen-bond acceptors (Lipinski definition) is 3. The van der Waals surface area contributed by atoms with Crippen molar-refractivity contribution in [1.29, 1.82) is 0 Å². The van der Waals surface area contributed by atoms with E-state index in [1.165, 1.54) is 0 Å². The lowest BCUT2D eigenvalue weighted by atomic mass is 10.5. The largest absolute Gasteiger partial charge is 0.477 e. The average Bonchev–Trinajstić information content (AvgIpc) is 2.00. The molecule has 1 aromatic rings. The maximum Gasteiger partial charge on any atom is 0.273 e. The molecular formula is C7H9ClN2O2. The number of aromatic amines is 1. The van der Waals surface area contributed by atoms with Crippen molar-refractivity contribution >= 4 is 11.6 Å². The molecule has 0 aliphatic rings. The number of ether oxygens (including phenoxy) is 1. The van der Waals surface area contributed by atoms with Crippen LogP contribution in [0.2, 0.25) is 5.02 Å². The van der Waals surface area contributed by atoms with E-state index in [4.69, 9.17) is 16.3 Å². The van der Waals surface area contributed by atoms with Crippen LogP contribution < -0.4 is 10.3 Å². The van der Waals surface area contributed by atoms with Crippen LogP contribution in [0.1, 0.15) is 12.7 Å². The normalized spacial score (nSPS) is 9.92. The van der Waals surface area contributed by atoms with Crippen LogP contribution in [0.4, 0.5) is 0 Å². The minimum atomic E-state index is -0.368. The Hall–Kier alpha value is -1.03. The second-order valence-electron chi connectivity index (χ2n) is 2.20. The van der Waals surface area contributed by atoms with Crippen molar-refractivity contribution in [3.63, 3.8) is 0 Å². The predicted octanol–water partition coefficient (Wildman–Crippen LogP) is 1.13. The highest BCUT2D eigenvalue weighted by molar-refractivity contribution is 6.31. The van der Waals surface area contributed by atoms with Crippen LogP contribution >= 0.6 is 11.6 Å². The molecule has 0 aliphatic carbocycles. The van der Waals surface area contributed by atoms with Crippen molar-refractivity contribution in [3.05, 3.63) is 21.2 Å². The van der Waals surface area contributed by atoms with E-state index in [9.17, 15) is 4.79 Å². The van der Waals surface area contributed by atoms with Crippen molar-refractivity contribution in [3.8, 4) is 5.88 Å². The molecule has 0 fully saturated rings. The first kappa shape index (κ1) is 9.06. The molecule has 0 radical (unpaired) electrons. The summed E-state index contributed by atoms with van der Waals surface area (Å²) in [6, 6.07) is 0. The second-order valence-corrected chi connectivity index (χ2v) is 2.58. The van der Waals surface area contributed by atoms with E-state index < -0.39 is 0 Å². The van der Waals surface area contributed by atoms with Gasteiger partial charge in [0.05, 0.1) is 6.61 Å². The van der Waals surface area contributed by atoms with Gasteiger partial charge in [-0.25, -0.2) is 0 Å². The SMILES string of the molecule is CCOc1nc(C)[nH]c(=O)c1Cl. The molecule has 12 heavy (non-hydrogen) atoms. The van der Waals surface area contributed by atoms with E-state index in [1.54, 1.807) is 13.8 Å². The Morgan fingerprint density at radius 1 is 1.67 bits per heavy atom. The van der Waals surface area contributed by atoms with Crippen molar-refractivity contribution in [2.45, 2.75) is 13.8 Å². The van der Waals surface area contributed by atoms with Crippen LogP contribution in [0, 0.1) is 6.92 Å². The molecule has 1 heterocycles. The average molecular weight is 189 g/mol. The monoisotopic (exact) mass is 188 g/mol. The predicted molar refractivity (Wildman–Crippen MR) is 45.8 cm³/mol. The van der Waals surface area contributed by atoms with Gasteiger partial charge >= 0.3 is 0 Å². The highest BCUT2D eigenvalue weighted by Crippen LogP contribution is 2.15. The number of nitrogens with zero attached hydrogens (tertiary/aromatic N) is 1. The molecule has 0 saturated heterocycles. The zero-order valence-corrected chi connectivity index (χ0v) is 7.60. The van der Waals surface area contributed by atoms with Crippen LogP contribution in [-0.4, -0.2) is 16.6 Å². The summed E-state index contributed by atoms with van der Waals surface area (Å²) >= 11 is 5.61. The number of hydrogen-bond donors (Lipinski definition) is 1. The van der Waals surface area contributed by atoms with Gasteiger partial charge in [0.15, 0.2) is 5.02 Å². The van der Waals surface area contributed by atoms with E-state index in [-0.39, 0.29) is 16.5 Å². The number of aromatic nitrogens is 2. The maximum absolute atomic E-state index is 11.0. The Kier molecular flexibility index (Phi) is 2.70. The van der Waals surface area contributed by atoms with Crippen LogP contribution in [0.3, 0.4) is 0 Å². The number of aryl methyl sites for hydroxylation is 1. The van der Waals surface area contributed by atoms with Crippen molar-refractivity contribution < 1.29 is 4.74 Å². The zero-order chi connectivity index (χ0) is 9.14. The van der Waals surface area contributed by atoms with Crippen molar-refractivity contribution in [1.82, 2.24) is 9.97 Å². The lowest BCUT2D eigenvalue weighted by Gasteiger charge is -2.03. The van der Waals surface area contributed by atoms with Gasteiger partial charge in [-0.2, -0.15) is 4.98 Å². The fourth-order valence-electron chi connectivity index (χ4n) is 0.778. The minimum Gasteiger partial charge on any atom is -0.477 e. The third-order valence-electron chi connectivity index (χ3n) is 1.23. The Morgan fingerprint density at radius 2 is 2.33 bits per heavy atom. The molecule has 0 aromatic carbocycles. The molecule has 0 amide bonds. The summed E-state index contributed by atoms with van der Waals surface area (Å²) < 4.78 is 5.04. The Labute approximate surface area is 74.5 Å². The summed E-state index contributed by atoms with van der Waals surface area (Å²) in [5.41, 5.74) is -0.368.